The lowest BCUT2D eigenvalue weighted by Gasteiger charge is -2.25. The van der Waals surface area contributed by atoms with Crippen LogP contribution < -0.4 is 19.5 Å². The SMILES string of the molecule is COc1cc(OC)cc(C(=O)N2c3ccccc3N3C(c4c(C)c(C)cc(C)c4C)=NON23)c1. The van der Waals surface area contributed by atoms with E-state index in [9.17, 15) is 4.79 Å². The Morgan fingerprint density at radius 3 is 2.03 bits per heavy atom. The molecule has 8 heteroatoms. The van der Waals surface area contributed by atoms with Crippen molar-refractivity contribution in [3.05, 3.63) is 81.9 Å². The molecule has 2 aliphatic heterocycles. The molecule has 0 bridgehead atoms. The second kappa shape index (κ2) is 8.07. The number of rotatable bonds is 4. The third-order valence-corrected chi connectivity index (χ3v) is 6.46. The largest absolute Gasteiger partial charge is 0.497 e. The monoisotopic (exact) mass is 458 g/mol. The van der Waals surface area contributed by atoms with Gasteiger partial charge in [-0.25, -0.2) is 0 Å². The summed E-state index contributed by atoms with van der Waals surface area (Å²) in [5, 5.41) is 9.10. The first kappa shape index (κ1) is 21.8. The van der Waals surface area contributed by atoms with E-state index in [1.807, 2.05) is 29.3 Å². The van der Waals surface area contributed by atoms with Crippen molar-refractivity contribution in [1.82, 2.24) is 5.28 Å². The van der Waals surface area contributed by atoms with Crippen LogP contribution in [-0.4, -0.2) is 31.2 Å². The lowest BCUT2D eigenvalue weighted by Crippen LogP contribution is -2.49. The van der Waals surface area contributed by atoms with Gasteiger partial charge in [0.2, 0.25) is 5.84 Å². The fraction of sp³-hybridized carbons (Fsp3) is 0.231. The number of ether oxygens (including phenoxy) is 2. The molecule has 0 atom stereocenters. The molecule has 2 heterocycles. The molecule has 5 rings (SSSR count). The Balaban J connectivity index is 1.62. The van der Waals surface area contributed by atoms with Crippen molar-refractivity contribution in [2.45, 2.75) is 27.7 Å². The van der Waals surface area contributed by atoms with Crippen molar-refractivity contribution in [2.75, 3.05) is 24.2 Å². The normalized spacial score (nSPS) is 14.5. The lowest BCUT2D eigenvalue weighted by molar-refractivity contribution is -0.135. The van der Waals surface area contributed by atoms with Gasteiger partial charge in [-0.1, -0.05) is 18.2 Å². The lowest BCUT2D eigenvalue weighted by atomic mass is 9.93. The third-order valence-electron chi connectivity index (χ3n) is 6.46. The molecule has 2 aliphatic rings. The van der Waals surface area contributed by atoms with Crippen molar-refractivity contribution in [3.63, 3.8) is 0 Å². The topological polar surface area (TPSA) is 66.8 Å². The van der Waals surface area contributed by atoms with E-state index in [4.69, 9.17) is 14.4 Å². The maximum Gasteiger partial charge on any atom is 0.277 e. The van der Waals surface area contributed by atoms with Gasteiger partial charge in [-0.15, -0.1) is 0 Å². The maximum absolute atomic E-state index is 13.8. The van der Waals surface area contributed by atoms with E-state index in [1.54, 1.807) is 32.4 Å². The minimum atomic E-state index is -0.308. The Labute approximate surface area is 198 Å². The van der Waals surface area contributed by atoms with Crippen molar-refractivity contribution < 1.29 is 19.2 Å². The number of anilines is 2. The first-order valence-electron chi connectivity index (χ1n) is 10.9. The molecule has 0 saturated heterocycles. The van der Waals surface area contributed by atoms with Crippen LogP contribution in [0.25, 0.3) is 0 Å². The van der Waals surface area contributed by atoms with E-state index in [-0.39, 0.29) is 5.91 Å². The zero-order chi connectivity index (χ0) is 24.1. The Kier molecular flexibility index (Phi) is 5.17. The first-order chi connectivity index (χ1) is 16.3. The first-order valence-corrected chi connectivity index (χ1v) is 10.9. The molecule has 3 aromatic carbocycles. The van der Waals surface area contributed by atoms with Crippen LogP contribution in [0, 0.1) is 27.7 Å². The quantitative estimate of drug-likeness (QED) is 0.557. The summed E-state index contributed by atoms with van der Waals surface area (Å²) in [7, 11) is 3.10. The van der Waals surface area contributed by atoms with Crippen molar-refractivity contribution in [2.24, 2.45) is 5.16 Å². The summed E-state index contributed by atoms with van der Waals surface area (Å²) in [6, 6.07) is 14.9. The Hall–Kier alpha value is -4.04. The molecule has 0 aromatic heterocycles. The van der Waals surface area contributed by atoms with Crippen molar-refractivity contribution in [1.29, 1.82) is 0 Å². The minimum Gasteiger partial charge on any atom is -0.497 e. The summed E-state index contributed by atoms with van der Waals surface area (Å²) in [5.41, 5.74) is 7.43. The molecular formula is C26H26N4O4. The number of amides is 1. The van der Waals surface area contributed by atoms with Gasteiger partial charge in [0, 0.05) is 17.2 Å². The predicted molar refractivity (Wildman–Crippen MR) is 130 cm³/mol. The van der Waals surface area contributed by atoms with Crippen LogP contribution in [0.3, 0.4) is 0 Å². The zero-order valence-corrected chi connectivity index (χ0v) is 20.0. The van der Waals surface area contributed by atoms with Gasteiger partial charge in [0.15, 0.2) is 0 Å². The van der Waals surface area contributed by atoms with Crippen LogP contribution in [-0.2, 0) is 4.94 Å². The summed E-state index contributed by atoms with van der Waals surface area (Å²) < 4.78 is 10.7. The number of aryl methyl sites for hydroxylation is 2. The van der Waals surface area contributed by atoms with Crippen LogP contribution in [0.5, 0.6) is 11.5 Å². The van der Waals surface area contributed by atoms with Crippen LogP contribution in [0.2, 0.25) is 0 Å². The molecule has 0 saturated carbocycles. The molecule has 0 radical (unpaired) electrons. The van der Waals surface area contributed by atoms with Gasteiger partial charge in [-0.05, 0) is 79.4 Å². The van der Waals surface area contributed by atoms with Gasteiger partial charge in [0.25, 0.3) is 5.91 Å². The molecule has 0 unspecified atom stereocenters. The molecule has 174 valence electrons. The van der Waals surface area contributed by atoms with E-state index in [1.165, 1.54) is 21.4 Å². The van der Waals surface area contributed by atoms with Crippen LogP contribution >= 0.6 is 0 Å². The molecule has 0 spiro atoms. The molecule has 34 heavy (non-hydrogen) atoms. The predicted octanol–water partition coefficient (Wildman–Crippen LogP) is 4.84. The van der Waals surface area contributed by atoms with E-state index >= 15 is 0 Å². The highest BCUT2D eigenvalue weighted by Gasteiger charge is 2.47. The number of fused-ring (bicyclic) bond motifs is 3. The second-order valence-corrected chi connectivity index (χ2v) is 8.40. The van der Waals surface area contributed by atoms with Gasteiger partial charge < -0.3 is 9.47 Å². The molecular weight excluding hydrogens is 432 g/mol. The third kappa shape index (κ3) is 3.18. The smallest absolute Gasteiger partial charge is 0.277 e. The Morgan fingerprint density at radius 1 is 0.853 bits per heavy atom. The Bertz CT molecular complexity index is 1300. The highest BCUT2D eigenvalue weighted by Crippen LogP contribution is 2.44. The number of amidine groups is 1. The highest BCUT2D eigenvalue weighted by atomic mass is 16.9. The number of para-hydroxylation sites is 2. The number of hydrogen-bond acceptors (Lipinski definition) is 7. The highest BCUT2D eigenvalue weighted by molar-refractivity contribution is 6.17. The van der Waals surface area contributed by atoms with E-state index in [0.29, 0.717) is 28.6 Å². The van der Waals surface area contributed by atoms with Crippen molar-refractivity contribution >= 4 is 23.1 Å². The summed E-state index contributed by atoms with van der Waals surface area (Å²) in [5.74, 6) is 1.37. The number of oxime groups is 1. The molecule has 3 aromatic rings. The van der Waals surface area contributed by atoms with Crippen LogP contribution in [0.4, 0.5) is 11.4 Å². The molecule has 0 aliphatic carbocycles. The zero-order valence-electron chi connectivity index (χ0n) is 20.0. The summed E-state index contributed by atoms with van der Waals surface area (Å²) >= 11 is 0. The molecule has 0 N–H and O–H groups in total. The van der Waals surface area contributed by atoms with Crippen LogP contribution in [0.1, 0.15) is 38.2 Å². The number of methoxy groups -OCH3 is 2. The summed E-state index contributed by atoms with van der Waals surface area (Å²) in [6.45, 7) is 8.33. The van der Waals surface area contributed by atoms with E-state index in [0.717, 1.165) is 22.4 Å². The van der Waals surface area contributed by atoms with Gasteiger partial charge in [-0.3, -0.25) is 9.73 Å². The van der Waals surface area contributed by atoms with Gasteiger partial charge in [0.1, 0.15) is 11.5 Å². The number of benzene rings is 3. The number of carbonyl (C=O) groups is 1. The number of hydrogen-bond donors (Lipinski definition) is 0. The average molecular weight is 459 g/mol. The standard InChI is InChI=1S/C26H26N4O4/c1-15-11-16(2)18(4)24(17(15)3)25-27-34-30-28(25)22-9-7-8-10-23(22)29(30)26(31)19-12-20(32-5)14-21(13-19)33-6/h7-14H,1-6H3. The molecule has 8 nitrogen and oxygen atoms in total. The van der Waals surface area contributed by atoms with E-state index < -0.39 is 0 Å². The van der Waals surface area contributed by atoms with Gasteiger partial charge in [0.05, 0.1) is 30.9 Å². The fourth-order valence-corrected chi connectivity index (χ4v) is 4.42. The number of carbonyl (C=O) groups excluding carboxylic acids is 1. The van der Waals surface area contributed by atoms with Gasteiger partial charge in [-0.2, -0.15) is 10.0 Å². The Morgan fingerprint density at radius 2 is 1.44 bits per heavy atom. The maximum atomic E-state index is 13.8. The number of hydrazine groups is 2. The fourth-order valence-electron chi connectivity index (χ4n) is 4.42. The van der Waals surface area contributed by atoms with E-state index in [2.05, 4.69) is 38.9 Å². The summed E-state index contributed by atoms with van der Waals surface area (Å²) in [6.07, 6.45) is 0. The van der Waals surface area contributed by atoms with Gasteiger partial charge >= 0.3 is 0 Å². The minimum absolute atomic E-state index is 0.308. The molecule has 0 fully saturated rings. The second-order valence-electron chi connectivity index (χ2n) is 8.40. The molecule has 1 amide bonds. The van der Waals surface area contributed by atoms with Crippen molar-refractivity contribution in [3.8, 4) is 11.5 Å². The number of nitrogens with zero attached hydrogens (tertiary/aromatic N) is 4. The van der Waals surface area contributed by atoms with Crippen LogP contribution in [0.15, 0.2) is 53.7 Å². The average Bonchev–Trinajstić information content (AvgIpc) is 3.40. The summed E-state index contributed by atoms with van der Waals surface area (Å²) in [4.78, 5) is 19.6.